The smallest absolute Gasteiger partial charge is 0.230 e. The van der Waals surface area contributed by atoms with Crippen molar-refractivity contribution < 1.29 is 4.52 Å². The van der Waals surface area contributed by atoms with Gasteiger partial charge in [-0.1, -0.05) is 47.1 Å². The maximum atomic E-state index is 5.85. The summed E-state index contributed by atoms with van der Waals surface area (Å²) in [5.41, 5.74) is 8.73. The molecule has 0 bridgehead atoms. The maximum Gasteiger partial charge on any atom is 0.230 e. The van der Waals surface area contributed by atoms with Gasteiger partial charge in [-0.05, 0) is 30.0 Å². The third-order valence-corrected chi connectivity index (χ3v) is 3.00. The normalized spacial score (nSPS) is 11.1. The number of halogens is 1. The third-order valence-electron chi connectivity index (χ3n) is 2.50. The van der Waals surface area contributed by atoms with Crippen LogP contribution in [0.25, 0.3) is 11.1 Å². The number of aromatic nitrogens is 1. The fraction of sp³-hybridized carbons (Fsp3) is 0.308. The summed E-state index contributed by atoms with van der Waals surface area (Å²) in [4.78, 5) is 0. The summed E-state index contributed by atoms with van der Waals surface area (Å²) in [5.74, 6) is 0.907. The van der Waals surface area contributed by atoms with E-state index in [1.807, 2.05) is 24.3 Å². The molecule has 90 valence electrons. The molecule has 4 heteroatoms. The van der Waals surface area contributed by atoms with Crippen LogP contribution in [-0.2, 0) is 6.42 Å². The molecule has 0 unspecified atom stereocenters. The highest BCUT2D eigenvalue weighted by atomic mass is 79.9. The first-order valence-corrected chi connectivity index (χ1v) is 6.37. The van der Waals surface area contributed by atoms with E-state index < -0.39 is 0 Å². The van der Waals surface area contributed by atoms with Crippen LogP contribution in [0.4, 0.5) is 5.88 Å². The van der Waals surface area contributed by atoms with Gasteiger partial charge >= 0.3 is 0 Å². The molecule has 17 heavy (non-hydrogen) atoms. The zero-order valence-electron chi connectivity index (χ0n) is 9.90. The van der Waals surface area contributed by atoms with Crippen molar-refractivity contribution in [2.24, 2.45) is 5.92 Å². The number of benzene rings is 1. The molecule has 1 aromatic heterocycles. The molecule has 2 N–H and O–H groups in total. The van der Waals surface area contributed by atoms with Crippen LogP contribution < -0.4 is 5.73 Å². The predicted molar refractivity (Wildman–Crippen MR) is 72.6 cm³/mol. The molecule has 2 rings (SSSR count). The Morgan fingerprint density at radius 1 is 1.41 bits per heavy atom. The Hall–Kier alpha value is -1.29. The Bertz CT molecular complexity index is 520. The lowest BCUT2D eigenvalue weighted by Gasteiger charge is -2.05. The summed E-state index contributed by atoms with van der Waals surface area (Å²) in [6.45, 7) is 4.30. The Labute approximate surface area is 109 Å². The topological polar surface area (TPSA) is 52.0 Å². The molecular weight excluding hydrogens is 280 g/mol. The van der Waals surface area contributed by atoms with Gasteiger partial charge < -0.3 is 10.3 Å². The molecule has 0 amide bonds. The zero-order chi connectivity index (χ0) is 12.4. The van der Waals surface area contributed by atoms with Gasteiger partial charge in [0.15, 0.2) is 0 Å². The molecule has 0 aliphatic carbocycles. The second-order valence-electron chi connectivity index (χ2n) is 4.48. The Morgan fingerprint density at radius 3 is 2.82 bits per heavy atom. The lowest BCUT2D eigenvalue weighted by atomic mass is 10.00. The summed E-state index contributed by atoms with van der Waals surface area (Å²) in [5, 5.41) is 4.05. The van der Waals surface area contributed by atoms with E-state index in [2.05, 4.69) is 34.9 Å². The van der Waals surface area contributed by atoms with Gasteiger partial charge in [-0.25, -0.2) is 0 Å². The lowest BCUT2D eigenvalue weighted by Crippen LogP contribution is -1.97. The van der Waals surface area contributed by atoms with Gasteiger partial charge in [-0.15, -0.1) is 0 Å². The number of nitrogens with zero attached hydrogens (tertiary/aromatic N) is 1. The standard InChI is InChI=1S/C13H15BrN2O/c1-8(2)6-11-12(13(15)17-16-11)9-4-3-5-10(14)7-9/h3-5,7-8H,6,15H2,1-2H3. The van der Waals surface area contributed by atoms with Gasteiger partial charge in [0.05, 0.1) is 11.3 Å². The monoisotopic (exact) mass is 294 g/mol. The molecule has 0 saturated carbocycles. The van der Waals surface area contributed by atoms with Crippen LogP contribution in [0.1, 0.15) is 19.5 Å². The van der Waals surface area contributed by atoms with E-state index in [0.29, 0.717) is 11.8 Å². The van der Waals surface area contributed by atoms with E-state index >= 15 is 0 Å². The molecule has 1 aromatic carbocycles. The molecule has 0 aliphatic rings. The van der Waals surface area contributed by atoms with Gasteiger partial charge in [-0.2, -0.15) is 0 Å². The third kappa shape index (κ3) is 2.69. The van der Waals surface area contributed by atoms with E-state index in [1.54, 1.807) is 0 Å². The highest BCUT2D eigenvalue weighted by molar-refractivity contribution is 9.10. The zero-order valence-corrected chi connectivity index (χ0v) is 11.5. The molecule has 0 aliphatic heterocycles. The van der Waals surface area contributed by atoms with Gasteiger partial charge in [0, 0.05) is 4.47 Å². The molecular formula is C13H15BrN2O. The lowest BCUT2D eigenvalue weighted by molar-refractivity contribution is 0.422. The minimum absolute atomic E-state index is 0.388. The summed E-state index contributed by atoms with van der Waals surface area (Å²) >= 11 is 3.46. The second-order valence-corrected chi connectivity index (χ2v) is 5.39. The van der Waals surface area contributed by atoms with Crippen LogP contribution in [0, 0.1) is 5.92 Å². The molecule has 0 atom stereocenters. The first-order valence-electron chi connectivity index (χ1n) is 5.58. The van der Waals surface area contributed by atoms with Crippen molar-refractivity contribution in [2.45, 2.75) is 20.3 Å². The first-order chi connectivity index (χ1) is 8.08. The van der Waals surface area contributed by atoms with Crippen LogP contribution in [0.5, 0.6) is 0 Å². The van der Waals surface area contributed by atoms with E-state index in [9.17, 15) is 0 Å². The first kappa shape index (κ1) is 12.2. The predicted octanol–water partition coefficient (Wildman–Crippen LogP) is 3.88. The van der Waals surface area contributed by atoms with Crippen LogP contribution in [-0.4, -0.2) is 5.16 Å². The van der Waals surface area contributed by atoms with Crippen molar-refractivity contribution in [1.82, 2.24) is 5.16 Å². The van der Waals surface area contributed by atoms with E-state index in [0.717, 1.165) is 27.7 Å². The van der Waals surface area contributed by atoms with Crippen molar-refractivity contribution in [1.29, 1.82) is 0 Å². The molecule has 0 spiro atoms. The molecule has 1 heterocycles. The number of anilines is 1. The van der Waals surface area contributed by atoms with Crippen molar-refractivity contribution in [3.8, 4) is 11.1 Å². The number of nitrogens with two attached hydrogens (primary N) is 1. The van der Waals surface area contributed by atoms with E-state index in [-0.39, 0.29) is 0 Å². The van der Waals surface area contributed by atoms with Crippen LogP contribution in [0.15, 0.2) is 33.3 Å². The molecule has 0 radical (unpaired) electrons. The molecule has 3 nitrogen and oxygen atoms in total. The average Bonchev–Trinajstić information content (AvgIpc) is 2.59. The fourth-order valence-electron chi connectivity index (χ4n) is 1.82. The van der Waals surface area contributed by atoms with Crippen LogP contribution in [0.2, 0.25) is 0 Å². The number of rotatable bonds is 3. The van der Waals surface area contributed by atoms with Crippen molar-refractivity contribution in [3.05, 3.63) is 34.4 Å². The molecule has 0 fully saturated rings. The van der Waals surface area contributed by atoms with E-state index in [1.165, 1.54) is 0 Å². The summed E-state index contributed by atoms with van der Waals surface area (Å²) in [7, 11) is 0. The van der Waals surface area contributed by atoms with Crippen molar-refractivity contribution >= 4 is 21.8 Å². The molecule has 2 aromatic rings. The van der Waals surface area contributed by atoms with Gasteiger partial charge in [-0.3, -0.25) is 0 Å². The van der Waals surface area contributed by atoms with Gasteiger partial charge in [0.25, 0.3) is 0 Å². The largest absolute Gasteiger partial charge is 0.367 e. The van der Waals surface area contributed by atoms with E-state index in [4.69, 9.17) is 10.3 Å². The van der Waals surface area contributed by atoms with Gasteiger partial charge in [0.2, 0.25) is 5.88 Å². The van der Waals surface area contributed by atoms with Gasteiger partial charge in [0.1, 0.15) is 0 Å². The summed E-state index contributed by atoms with van der Waals surface area (Å²) < 4.78 is 6.12. The van der Waals surface area contributed by atoms with Crippen molar-refractivity contribution in [2.75, 3.05) is 5.73 Å². The Morgan fingerprint density at radius 2 is 2.18 bits per heavy atom. The minimum atomic E-state index is 0.388. The average molecular weight is 295 g/mol. The number of nitrogen functional groups attached to an aromatic ring is 1. The molecule has 0 saturated heterocycles. The van der Waals surface area contributed by atoms with Crippen molar-refractivity contribution in [3.63, 3.8) is 0 Å². The second kappa shape index (κ2) is 4.92. The maximum absolute atomic E-state index is 5.85. The summed E-state index contributed by atoms with van der Waals surface area (Å²) in [6, 6.07) is 7.99. The highest BCUT2D eigenvalue weighted by Crippen LogP contribution is 2.32. The quantitative estimate of drug-likeness (QED) is 0.934. The highest BCUT2D eigenvalue weighted by Gasteiger charge is 2.16. The number of hydrogen-bond acceptors (Lipinski definition) is 3. The number of hydrogen-bond donors (Lipinski definition) is 1. The summed E-state index contributed by atoms with van der Waals surface area (Å²) in [6.07, 6.45) is 0.864. The minimum Gasteiger partial charge on any atom is -0.367 e. The Kier molecular flexibility index (Phi) is 3.52. The van der Waals surface area contributed by atoms with Crippen LogP contribution in [0.3, 0.4) is 0 Å². The van der Waals surface area contributed by atoms with Crippen LogP contribution >= 0.6 is 15.9 Å². The SMILES string of the molecule is CC(C)Cc1noc(N)c1-c1cccc(Br)c1. The fourth-order valence-corrected chi connectivity index (χ4v) is 2.22. The Balaban J connectivity index is 2.47.